The minimum Gasteiger partial charge on any atom is -0.394 e. The highest BCUT2D eigenvalue weighted by molar-refractivity contribution is 5.79. The summed E-state index contributed by atoms with van der Waals surface area (Å²) in [5.74, 6) is -1.89. The Morgan fingerprint density at radius 1 is 1.14 bits per heavy atom. The minimum absolute atomic E-state index is 0.110. The van der Waals surface area contributed by atoms with Gasteiger partial charge in [-0.1, -0.05) is 36.4 Å². The van der Waals surface area contributed by atoms with E-state index in [2.05, 4.69) is 5.32 Å². The third-order valence-electron chi connectivity index (χ3n) is 3.09. The van der Waals surface area contributed by atoms with Gasteiger partial charge in [0.25, 0.3) is 0 Å². The van der Waals surface area contributed by atoms with Crippen LogP contribution in [0.3, 0.4) is 0 Å². The first kappa shape index (κ1) is 15.1. The van der Waals surface area contributed by atoms with Gasteiger partial charge in [-0.15, -0.1) is 0 Å². The first-order valence-electron chi connectivity index (χ1n) is 6.49. The molecule has 2 rings (SSSR count). The van der Waals surface area contributed by atoms with Crippen LogP contribution in [-0.2, 0) is 11.2 Å². The fourth-order valence-electron chi connectivity index (χ4n) is 2.00. The molecular weight excluding hydrogens is 276 g/mol. The van der Waals surface area contributed by atoms with Crippen LogP contribution in [0.5, 0.6) is 0 Å². The van der Waals surface area contributed by atoms with Crippen LogP contribution < -0.4 is 5.32 Å². The molecule has 0 saturated carbocycles. The summed E-state index contributed by atoms with van der Waals surface area (Å²) in [6.07, 6.45) is -0.213. The first-order chi connectivity index (χ1) is 10.1. The molecule has 0 bridgehead atoms. The number of hydrogen-bond acceptors (Lipinski definition) is 2. The van der Waals surface area contributed by atoms with Crippen LogP contribution in [0.15, 0.2) is 48.5 Å². The quantitative estimate of drug-likeness (QED) is 0.888. The Morgan fingerprint density at radius 3 is 2.48 bits per heavy atom. The largest absolute Gasteiger partial charge is 0.394 e. The molecule has 5 heteroatoms. The molecule has 2 aromatic rings. The molecule has 3 nitrogen and oxygen atoms in total. The number of amides is 1. The monoisotopic (exact) mass is 291 g/mol. The smallest absolute Gasteiger partial charge is 0.225 e. The zero-order chi connectivity index (χ0) is 15.2. The van der Waals surface area contributed by atoms with Gasteiger partial charge in [0.1, 0.15) is 11.6 Å². The Kier molecular flexibility index (Phi) is 5.00. The lowest BCUT2D eigenvalue weighted by Gasteiger charge is -2.16. The molecule has 1 atom stereocenters. The normalized spacial score (nSPS) is 12.0. The Hall–Kier alpha value is -2.27. The summed E-state index contributed by atoms with van der Waals surface area (Å²) in [5.41, 5.74) is 0.867. The minimum atomic E-state index is -0.759. The molecule has 0 saturated heterocycles. The molecule has 2 N–H and O–H groups in total. The molecule has 0 heterocycles. The summed E-state index contributed by atoms with van der Waals surface area (Å²) >= 11 is 0. The summed E-state index contributed by atoms with van der Waals surface area (Å²) in [7, 11) is 0. The SMILES string of the molecule is O=C(Cc1ccc(F)cc1F)N[C@H](CO)c1ccccc1. The number of carbonyl (C=O) groups is 1. The maximum Gasteiger partial charge on any atom is 0.225 e. The van der Waals surface area contributed by atoms with Crippen molar-refractivity contribution in [3.8, 4) is 0 Å². The fraction of sp³-hybridized carbons (Fsp3) is 0.188. The van der Waals surface area contributed by atoms with Gasteiger partial charge in [0.05, 0.1) is 19.1 Å². The predicted molar refractivity (Wildman–Crippen MR) is 74.5 cm³/mol. The highest BCUT2D eigenvalue weighted by atomic mass is 19.1. The lowest BCUT2D eigenvalue weighted by molar-refractivity contribution is -0.121. The van der Waals surface area contributed by atoms with Crippen molar-refractivity contribution in [2.24, 2.45) is 0 Å². The molecule has 0 aliphatic rings. The molecule has 0 radical (unpaired) electrons. The van der Waals surface area contributed by atoms with Gasteiger partial charge in [-0.3, -0.25) is 4.79 Å². The van der Waals surface area contributed by atoms with Crippen molar-refractivity contribution in [3.05, 3.63) is 71.3 Å². The molecular formula is C16H15F2NO2. The van der Waals surface area contributed by atoms with Crippen LogP contribution in [0.25, 0.3) is 0 Å². The number of rotatable bonds is 5. The van der Waals surface area contributed by atoms with E-state index in [1.165, 1.54) is 6.07 Å². The summed E-state index contributed by atoms with van der Waals surface area (Å²) in [6, 6.07) is 11.5. The first-order valence-corrected chi connectivity index (χ1v) is 6.49. The second-order valence-corrected chi connectivity index (χ2v) is 4.63. The van der Waals surface area contributed by atoms with E-state index in [1.807, 2.05) is 6.07 Å². The molecule has 1 amide bonds. The van der Waals surface area contributed by atoms with Crippen molar-refractivity contribution >= 4 is 5.91 Å². The summed E-state index contributed by atoms with van der Waals surface area (Å²) < 4.78 is 26.3. The molecule has 0 unspecified atom stereocenters. The van der Waals surface area contributed by atoms with E-state index in [9.17, 15) is 18.7 Å². The van der Waals surface area contributed by atoms with Crippen molar-refractivity contribution in [1.82, 2.24) is 5.32 Å². The van der Waals surface area contributed by atoms with E-state index < -0.39 is 23.6 Å². The van der Waals surface area contributed by atoms with Crippen LogP contribution in [-0.4, -0.2) is 17.6 Å². The molecule has 0 spiro atoms. The number of nitrogens with one attached hydrogen (secondary N) is 1. The van der Waals surface area contributed by atoms with Gasteiger partial charge in [-0.2, -0.15) is 0 Å². The van der Waals surface area contributed by atoms with Gasteiger partial charge in [-0.05, 0) is 17.2 Å². The van der Waals surface area contributed by atoms with Crippen LogP contribution in [0.4, 0.5) is 8.78 Å². The van der Waals surface area contributed by atoms with Crippen molar-refractivity contribution in [2.75, 3.05) is 6.61 Å². The van der Waals surface area contributed by atoms with E-state index in [0.29, 0.717) is 0 Å². The summed E-state index contributed by atoms with van der Waals surface area (Å²) in [6.45, 7) is -0.262. The zero-order valence-corrected chi connectivity index (χ0v) is 11.2. The second-order valence-electron chi connectivity index (χ2n) is 4.63. The summed E-state index contributed by atoms with van der Waals surface area (Å²) in [4.78, 5) is 11.9. The third-order valence-corrected chi connectivity index (χ3v) is 3.09. The Bertz CT molecular complexity index is 617. The Labute approximate surface area is 121 Å². The van der Waals surface area contributed by atoms with Crippen LogP contribution in [0.1, 0.15) is 17.2 Å². The Morgan fingerprint density at radius 2 is 1.86 bits per heavy atom. The average molecular weight is 291 g/mol. The van der Waals surface area contributed by atoms with Crippen LogP contribution >= 0.6 is 0 Å². The van der Waals surface area contributed by atoms with Gasteiger partial charge in [0.2, 0.25) is 5.91 Å². The van der Waals surface area contributed by atoms with Gasteiger partial charge >= 0.3 is 0 Å². The lowest BCUT2D eigenvalue weighted by atomic mass is 10.1. The standard InChI is InChI=1S/C16H15F2NO2/c17-13-7-6-12(14(18)9-13)8-16(21)19-15(10-20)11-4-2-1-3-5-11/h1-7,9,15,20H,8,10H2,(H,19,21)/t15-/m1/s1. The number of benzene rings is 2. The summed E-state index contributed by atoms with van der Waals surface area (Å²) in [5, 5.41) is 12.0. The number of halogens is 2. The van der Waals surface area contributed by atoms with Crippen molar-refractivity contribution < 1.29 is 18.7 Å². The van der Waals surface area contributed by atoms with E-state index in [1.54, 1.807) is 24.3 Å². The van der Waals surface area contributed by atoms with Gasteiger partial charge in [-0.25, -0.2) is 8.78 Å². The van der Waals surface area contributed by atoms with Crippen molar-refractivity contribution in [3.63, 3.8) is 0 Å². The third kappa shape index (κ3) is 4.10. The maximum absolute atomic E-state index is 13.5. The average Bonchev–Trinajstić information content (AvgIpc) is 2.48. The molecule has 0 fully saturated rings. The number of aliphatic hydroxyl groups excluding tert-OH is 1. The van der Waals surface area contributed by atoms with Gasteiger partial charge in [0.15, 0.2) is 0 Å². The molecule has 21 heavy (non-hydrogen) atoms. The lowest BCUT2D eigenvalue weighted by Crippen LogP contribution is -2.32. The van der Waals surface area contributed by atoms with Crippen molar-refractivity contribution in [1.29, 1.82) is 0 Å². The van der Waals surface area contributed by atoms with E-state index >= 15 is 0 Å². The van der Waals surface area contributed by atoms with E-state index in [0.717, 1.165) is 17.7 Å². The van der Waals surface area contributed by atoms with Crippen molar-refractivity contribution in [2.45, 2.75) is 12.5 Å². The maximum atomic E-state index is 13.5. The Balaban J connectivity index is 2.03. The highest BCUT2D eigenvalue weighted by Gasteiger charge is 2.15. The topological polar surface area (TPSA) is 49.3 Å². The van der Waals surface area contributed by atoms with Crippen LogP contribution in [0.2, 0.25) is 0 Å². The van der Waals surface area contributed by atoms with E-state index in [4.69, 9.17) is 0 Å². The van der Waals surface area contributed by atoms with Crippen LogP contribution in [0, 0.1) is 11.6 Å². The molecule has 0 aromatic heterocycles. The molecule has 0 aliphatic heterocycles. The number of hydrogen-bond donors (Lipinski definition) is 2. The number of aliphatic hydroxyl groups is 1. The zero-order valence-electron chi connectivity index (χ0n) is 11.2. The fourth-order valence-corrected chi connectivity index (χ4v) is 2.00. The molecule has 110 valence electrons. The highest BCUT2D eigenvalue weighted by Crippen LogP contribution is 2.13. The second kappa shape index (κ2) is 6.95. The predicted octanol–water partition coefficient (Wildman–Crippen LogP) is 2.36. The number of carbonyl (C=O) groups excluding carboxylic acids is 1. The molecule has 0 aliphatic carbocycles. The molecule has 2 aromatic carbocycles. The van der Waals surface area contributed by atoms with Gasteiger partial charge in [0, 0.05) is 6.07 Å². The van der Waals surface area contributed by atoms with Gasteiger partial charge < -0.3 is 10.4 Å². The van der Waals surface area contributed by atoms with E-state index in [-0.39, 0.29) is 18.6 Å².